The minimum Gasteiger partial charge on any atom is -0.481 e. The second-order valence-electron chi connectivity index (χ2n) is 4.63. The Morgan fingerprint density at radius 3 is 2.76 bits per heavy atom. The Bertz CT molecular complexity index is 562. The van der Waals surface area contributed by atoms with Crippen LogP contribution in [0.25, 0.3) is 0 Å². The molecule has 1 aliphatic heterocycles. The number of aliphatic carboxylic acids is 1. The summed E-state index contributed by atoms with van der Waals surface area (Å²) in [4.78, 5) is 35.8. The minimum atomic E-state index is -0.948. The van der Waals surface area contributed by atoms with Gasteiger partial charge in [-0.15, -0.1) is 0 Å². The number of carboxylic acid groups (broad SMARTS) is 1. The Morgan fingerprint density at radius 2 is 2.10 bits per heavy atom. The zero-order valence-corrected chi connectivity index (χ0v) is 12.2. The van der Waals surface area contributed by atoms with Crippen LogP contribution in [0, 0.1) is 0 Å². The first-order valence-corrected chi connectivity index (χ1v) is 7.56. The maximum Gasteiger partial charge on any atom is 0.307 e. The van der Waals surface area contributed by atoms with E-state index in [0.717, 1.165) is 5.75 Å². The van der Waals surface area contributed by atoms with Crippen molar-refractivity contribution < 1.29 is 19.5 Å². The van der Waals surface area contributed by atoms with Gasteiger partial charge in [-0.1, -0.05) is 30.0 Å². The smallest absolute Gasteiger partial charge is 0.307 e. The molecule has 1 saturated heterocycles. The first kappa shape index (κ1) is 15.4. The van der Waals surface area contributed by atoms with Crippen molar-refractivity contribution in [2.24, 2.45) is 0 Å². The van der Waals surface area contributed by atoms with E-state index in [4.69, 9.17) is 5.11 Å². The van der Waals surface area contributed by atoms with Crippen molar-refractivity contribution in [1.29, 1.82) is 0 Å². The molecule has 0 bridgehead atoms. The molecule has 2 rings (SSSR count). The van der Waals surface area contributed by atoms with Gasteiger partial charge < -0.3 is 15.3 Å². The zero-order valence-electron chi connectivity index (χ0n) is 11.4. The predicted octanol–water partition coefficient (Wildman–Crippen LogP) is 1.81. The average molecular weight is 308 g/mol. The maximum absolute atomic E-state index is 11.9. The molecule has 0 aromatic heterocycles. The molecule has 0 saturated carbocycles. The topological polar surface area (TPSA) is 86.7 Å². The number of amides is 2. The van der Waals surface area contributed by atoms with E-state index in [1.807, 2.05) is 0 Å². The van der Waals surface area contributed by atoms with E-state index in [0.29, 0.717) is 24.3 Å². The van der Waals surface area contributed by atoms with Gasteiger partial charge in [-0.2, -0.15) is 0 Å². The molecule has 0 spiro atoms. The molecular formula is C14H16N2O4S. The van der Waals surface area contributed by atoms with Crippen LogP contribution in [0.5, 0.6) is 0 Å². The van der Waals surface area contributed by atoms with Gasteiger partial charge in [0.2, 0.25) is 5.91 Å². The van der Waals surface area contributed by atoms with Crippen molar-refractivity contribution in [3.8, 4) is 0 Å². The molecule has 1 aliphatic rings. The first-order chi connectivity index (χ1) is 10.1. The lowest BCUT2D eigenvalue weighted by Gasteiger charge is -2.14. The van der Waals surface area contributed by atoms with Crippen LogP contribution in [0.4, 0.5) is 10.5 Å². The molecule has 0 unspecified atom stereocenters. The van der Waals surface area contributed by atoms with Gasteiger partial charge in [0.05, 0.1) is 6.42 Å². The van der Waals surface area contributed by atoms with Crippen molar-refractivity contribution >= 4 is 34.6 Å². The summed E-state index contributed by atoms with van der Waals surface area (Å²) in [5.41, 5.74) is 1.07. The summed E-state index contributed by atoms with van der Waals surface area (Å²) in [5.74, 6) is -0.407. The van der Waals surface area contributed by atoms with Crippen LogP contribution in [0.1, 0.15) is 12.0 Å². The van der Waals surface area contributed by atoms with Crippen molar-refractivity contribution in [3.63, 3.8) is 0 Å². The van der Waals surface area contributed by atoms with E-state index in [1.165, 1.54) is 11.8 Å². The number of rotatable bonds is 6. The number of carbonyl (C=O) groups excluding carboxylic acids is 2. The highest BCUT2D eigenvalue weighted by atomic mass is 32.2. The quantitative estimate of drug-likeness (QED) is 0.837. The average Bonchev–Trinajstić information content (AvgIpc) is 2.84. The van der Waals surface area contributed by atoms with Crippen LogP contribution in [0.3, 0.4) is 0 Å². The lowest BCUT2D eigenvalue weighted by Crippen LogP contribution is -2.28. The van der Waals surface area contributed by atoms with E-state index < -0.39 is 5.97 Å². The second-order valence-corrected chi connectivity index (χ2v) is 5.67. The molecule has 1 aromatic rings. The molecule has 2 amide bonds. The number of benzene rings is 1. The summed E-state index contributed by atoms with van der Waals surface area (Å²) in [6.45, 7) is 1.06. The Kier molecular flexibility index (Phi) is 5.21. The first-order valence-electron chi connectivity index (χ1n) is 6.57. The van der Waals surface area contributed by atoms with Gasteiger partial charge in [-0.3, -0.25) is 14.4 Å². The number of hydrogen-bond acceptors (Lipinski definition) is 4. The number of carbonyl (C=O) groups is 3. The van der Waals surface area contributed by atoms with E-state index in [9.17, 15) is 14.4 Å². The minimum absolute atomic E-state index is 0.00840. The summed E-state index contributed by atoms with van der Waals surface area (Å²) < 4.78 is 0. The fraction of sp³-hybridized carbons (Fsp3) is 0.357. The largest absolute Gasteiger partial charge is 0.481 e. The van der Waals surface area contributed by atoms with Gasteiger partial charge in [0.25, 0.3) is 5.24 Å². The number of nitrogens with zero attached hydrogens (tertiary/aromatic N) is 1. The van der Waals surface area contributed by atoms with Gasteiger partial charge in [0, 0.05) is 31.0 Å². The Morgan fingerprint density at radius 1 is 1.33 bits per heavy atom. The molecule has 6 nitrogen and oxygen atoms in total. The van der Waals surface area contributed by atoms with E-state index in [-0.39, 0.29) is 24.0 Å². The molecule has 112 valence electrons. The normalized spacial score (nSPS) is 14.3. The van der Waals surface area contributed by atoms with Gasteiger partial charge in [0.1, 0.15) is 0 Å². The number of para-hydroxylation sites is 1. The summed E-state index contributed by atoms with van der Waals surface area (Å²) in [5, 5.41) is 11.6. The Labute approximate surface area is 126 Å². The van der Waals surface area contributed by atoms with Crippen LogP contribution in [-0.4, -0.2) is 46.0 Å². The fourth-order valence-corrected chi connectivity index (χ4v) is 2.89. The lowest BCUT2D eigenvalue weighted by atomic mass is 10.1. The van der Waals surface area contributed by atoms with Crippen LogP contribution in [-0.2, 0) is 16.0 Å². The van der Waals surface area contributed by atoms with Crippen molar-refractivity contribution in [1.82, 2.24) is 4.90 Å². The molecule has 1 fully saturated rings. The van der Waals surface area contributed by atoms with Crippen LogP contribution in [0.2, 0.25) is 0 Å². The van der Waals surface area contributed by atoms with Crippen LogP contribution in [0.15, 0.2) is 24.3 Å². The van der Waals surface area contributed by atoms with Gasteiger partial charge in [-0.25, -0.2) is 0 Å². The van der Waals surface area contributed by atoms with Gasteiger partial charge in [-0.05, 0) is 11.6 Å². The molecule has 7 heteroatoms. The third-order valence-electron chi connectivity index (χ3n) is 3.09. The molecule has 0 radical (unpaired) electrons. The predicted molar refractivity (Wildman–Crippen MR) is 80.5 cm³/mol. The monoisotopic (exact) mass is 308 g/mol. The fourth-order valence-electron chi connectivity index (χ4n) is 2.04. The Hall–Kier alpha value is -2.02. The molecule has 1 aromatic carbocycles. The molecule has 0 aliphatic carbocycles. The van der Waals surface area contributed by atoms with Crippen molar-refractivity contribution in [3.05, 3.63) is 29.8 Å². The summed E-state index contributed by atoms with van der Waals surface area (Å²) in [7, 11) is 0. The summed E-state index contributed by atoms with van der Waals surface area (Å²) in [6.07, 6.45) is 0.0609. The van der Waals surface area contributed by atoms with Crippen molar-refractivity contribution in [2.45, 2.75) is 12.8 Å². The van der Waals surface area contributed by atoms with Crippen LogP contribution >= 0.6 is 11.8 Å². The van der Waals surface area contributed by atoms with E-state index >= 15 is 0 Å². The third-order valence-corrected chi connectivity index (χ3v) is 3.98. The second kappa shape index (κ2) is 7.12. The number of hydrogen-bond donors (Lipinski definition) is 2. The molecule has 1 heterocycles. The third kappa shape index (κ3) is 4.49. The molecule has 2 N–H and O–H groups in total. The zero-order chi connectivity index (χ0) is 15.2. The lowest BCUT2D eigenvalue weighted by molar-refractivity contribution is -0.136. The SMILES string of the molecule is O=C(O)Cc1ccccc1NC(=O)CCN1CCSC1=O. The van der Waals surface area contributed by atoms with E-state index in [2.05, 4.69) is 5.32 Å². The standard InChI is InChI=1S/C14H16N2O4S/c17-12(5-6-16-7-8-21-14(16)20)15-11-4-2-1-3-10(11)9-13(18)19/h1-4H,5-9H2,(H,15,17)(H,18,19). The summed E-state index contributed by atoms with van der Waals surface area (Å²) >= 11 is 1.26. The number of carboxylic acids is 1. The van der Waals surface area contributed by atoms with Crippen LogP contribution < -0.4 is 5.32 Å². The van der Waals surface area contributed by atoms with Gasteiger partial charge in [0.15, 0.2) is 0 Å². The van der Waals surface area contributed by atoms with Crippen molar-refractivity contribution in [2.75, 3.05) is 24.2 Å². The highest BCUT2D eigenvalue weighted by molar-refractivity contribution is 8.13. The number of nitrogens with one attached hydrogen (secondary N) is 1. The number of thioether (sulfide) groups is 1. The molecule has 0 atom stereocenters. The highest BCUT2D eigenvalue weighted by Crippen LogP contribution is 2.18. The molecule has 21 heavy (non-hydrogen) atoms. The van der Waals surface area contributed by atoms with Gasteiger partial charge >= 0.3 is 5.97 Å². The Balaban J connectivity index is 1.90. The summed E-state index contributed by atoms with van der Waals surface area (Å²) in [6, 6.07) is 6.81. The van der Waals surface area contributed by atoms with E-state index in [1.54, 1.807) is 29.2 Å². The molecular weight excluding hydrogens is 292 g/mol. The maximum atomic E-state index is 11.9. The highest BCUT2D eigenvalue weighted by Gasteiger charge is 2.21. The number of anilines is 1.